The van der Waals surface area contributed by atoms with Crippen LogP contribution in [0.2, 0.25) is 0 Å². The molecular formula is C32H40N4O4S. The van der Waals surface area contributed by atoms with Gasteiger partial charge in [-0.25, -0.2) is 22.7 Å². The van der Waals surface area contributed by atoms with Crippen molar-refractivity contribution in [2.75, 3.05) is 11.9 Å². The summed E-state index contributed by atoms with van der Waals surface area (Å²) in [6.45, 7) is 0.469. The molecule has 0 radical (unpaired) electrons. The smallest absolute Gasteiger partial charge is 0.333 e. The molecule has 41 heavy (non-hydrogen) atoms. The Labute approximate surface area is 242 Å². The molecule has 4 saturated carbocycles. The van der Waals surface area contributed by atoms with E-state index < -0.39 is 16.1 Å². The zero-order chi connectivity index (χ0) is 28.2. The number of rotatable bonds is 7. The van der Waals surface area contributed by atoms with Crippen molar-refractivity contribution in [2.24, 2.45) is 17.8 Å². The van der Waals surface area contributed by atoms with E-state index in [1.807, 2.05) is 0 Å². The van der Waals surface area contributed by atoms with E-state index in [9.17, 15) is 18.0 Å². The molecule has 8 nitrogen and oxygen atoms in total. The Bertz CT molecular complexity index is 1420. The van der Waals surface area contributed by atoms with Gasteiger partial charge in [-0.1, -0.05) is 18.2 Å². The third-order valence-electron chi connectivity index (χ3n) is 10.3. The van der Waals surface area contributed by atoms with Gasteiger partial charge in [0, 0.05) is 17.8 Å². The standard InChI is InChI=1S/C32H40N4O4S/c37-30(35-32-17-21-13-22(18-32)15-23(14-21)19-32)33-12-11-20-7-9-26(10-8-20)41(39,40)36-31(38)34-29-27-5-1-3-24(27)16-25-4-2-6-28(25)29/h7-10,16,21-23H,1-6,11-15,17-19H2,(H2,33,35,37)(H2,34,36,38)/t21-,22-,23?,32-/m1/s1. The lowest BCUT2D eigenvalue weighted by Crippen LogP contribution is -2.61. The van der Waals surface area contributed by atoms with Gasteiger partial charge in [0.25, 0.3) is 10.0 Å². The summed E-state index contributed by atoms with van der Waals surface area (Å²) in [5.41, 5.74) is 6.58. The highest BCUT2D eigenvalue weighted by atomic mass is 32.2. The van der Waals surface area contributed by atoms with Crippen LogP contribution in [0.4, 0.5) is 15.3 Å². The van der Waals surface area contributed by atoms with E-state index in [1.54, 1.807) is 12.1 Å². The van der Waals surface area contributed by atoms with E-state index in [-0.39, 0.29) is 16.5 Å². The second kappa shape index (κ2) is 10.3. The Balaban J connectivity index is 0.921. The van der Waals surface area contributed by atoms with Crippen LogP contribution in [0.3, 0.4) is 0 Å². The van der Waals surface area contributed by atoms with Crippen LogP contribution in [-0.2, 0) is 42.1 Å². The lowest BCUT2D eigenvalue weighted by atomic mass is 9.53. The number of hydrogen-bond donors (Lipinski definition) is 4. The number of anilines is 1. The fraction of sp³-hybridized carbons (Fsp3) is 0.562. The molecule has 2 aromatic carbocycles. The topological polar surface area (TPSA) is 116 Å². The van der Waals surface area contributed by atoms with Gasteiger partial charge in [0.15, 0.2) is 0 Å². The average Bonchev–Trinajstić information content (AvgIpc) is 3.57. The number of urea groups is 2. The number of sulfonamides is 1. The Morgan fingerprint density at radius 2 is 1.39 bits per heavy atom. The first-order valence-electron chi connectivity index (χ1n) is 15.4. The fourth-order valence-corrected chi connectivity index (χ4v) is 9.90. The highest BCUT2D eigenvalue weighted by molar-refractivity contribution is 7.90. The molecule has 6 aliphatic rings. The summed E-state index contributed by atoms with van der Waals surface area (Å²) in [5.74, 6) is 2.32. The lowest BCUT2D eigenvalue weighted by molar-refractivity contribution is -0.0135. The number of carbonyl (C=O) groups excluding carboxylic acids is 2. The third kappa shape index (κ3) is 5.33. The molecule has 4 fully saturated rings. The second-order valence-electron chi connectivity index (χ2n) is 13.3. The number of nitrogens with one attached hydrogen (secondary N) is 4. The fourth-order valence-electron chi connectivity index (χ4n) is 8.99. The number of fused-ring (bicyclic) bond motifs is 2. The Hall–Kier alpha value is -3.07. The minimum absolute atomic E-state index is 0.0191. The summed E-state index contributed by atoms with van der Waals surface area (Å²) in [4.78, 5) is 25.6. The van der Waals surface area contributed by atoms with Crippen molar-refractivity contribution in [3.05, 3.63) is 58.1 Å². The Kier molecular flexibility index (Phi) is 6.75. The van der Waals surface area contributed by atoms with Gasteiger partial charge in [-0.3, -0.25) is 0 Å². The monoisotopic (exact) mass is 576 g/mol. The number of amides is 4. The second-order valence-corrected chi connectivity index (χ2v) is 14.9. The molecule has 0 spiro atoms. The quantitative estimate of drug-likeness (QED) is 0.372. The Morgan fingerprint density at radius 1 is 0.805 bits per heavy atom. The van der Waals surface area contributed by atoms with Gasteiger partial charge in [-0.05, 0) is 141 Å². The summed E-state index contributed by atoms with van der Waals surface area (Å²) in [7, 11) is -4.03. The summed E-state index contributed by atoms with van der Waals surface area (Å²) < 4.78 is 28.2. The van der Waals surface area contributed by atoms with E-state index in [0.717, 1.165) is 97.9 Å². The van der Waals surface area contributed by atoms with Crippen LogP contribution in [-0.4, -0.2) is 32.6 Å². The molecule has 218 valence electrons. The first-order chi connectivity index (χ1) is 19.8. The zero-order valence-electron chi connectivity index (χ0n) is 23.6. The van der Waals surface area contributed by atoms with Crippen molar-refractivity contribution < 1.29 is 18.0 Å². The number of benzene rings is 2. The predicted molar refractivity (Wildman–Crippen MR) is 157 cm³/mol. The van der Waals surface area contributed by atoms with Gasteiger partial charge in [-0.2, -0.15) is 0 Å². The number of hydrogen-bond acceptors (Lipinski definition) is 4. The molecule has 0 aromatic heterocycles. The highest BCUT2D eigenvalue weighted by Crippen LogP contribution is 2.55. The molecule has 0 aliphatic heterocycles. The van der Waals surface area contributed by atoms with Crippen LogP contribution < -0.4 is 20.7 Å². The van der Waals surface area contributed by atoms with E-state index in [2.05, 4.69) is 26.7 Å². The maximum absolute atomic E-state index is 13.0. The molecule has 4 N–H and O–H groups in total. The molecule has 0 heterocycles. The average molecular weight is 577 g/mol. The first-order valence-corrected chi connectivity index (χ1v) is 16.9. The minimum atomic E-state index is -4.03. The van der Waals surface area contributed by atoms with Crippen LogP contribution in [0.1, 0.15) is 79.2 Å². The van der Waals surface area contributed by atoms with Crippen LogP contribution in [0.5, 0.6) is 0 Å². The number of carbonyl (C=O) groups is 2. The van der Waals surface area contributed by atoms with Gasteiger partial charge >= 0.3 is 12.1 Å². The van der Waals surface area contributed by atoms with Gasteiger partial charge < -0.3 is 16.0 Å². The summed E-state index contributed by atoms with van der Waals surface area (Å²) >= 11 is 0. The molecule has 9 heteroatoms. The molecular weight excluding hydrogens is 536 g/mol. The van der Waals surface area contributed by atoms with Gasteiger partial charge in [-0.15, -0.1) is 0 Å². The van der Waals surface area contributed by atoms with Crippen LogP contribution >= 0.6 is 0 Å². The number of aryl methyl sites for hydroxylation is 2. The van der Waals surface area contributed by atoms with Crippen molar-refractivity contribution in [3.8, 4) is 0 Å². The molecule has 0 unspecified atom stereocenters. The van der Waals surface area contributed by atoms with E-state index in [0.29, 0.717) is 13.0 Å². The summed E-state index contributed by atoms with van der Waals surface area (Å²) in [6.07, 6.45) is 13.9. The largest absolute Gasteiger partial charge is 0.338 e. The minimum Gasteiger partial charge on any atom is -0.338 e. The van der Waals surface area contributed by atoms with Crippen molar-refractivity contribution >= 4 is 27.8 Å². The predicted octanol–water partition coefficient (Wildman–Crippen LogP) is 4.98. The normalized spacial score (nSPS) is 27.3. The van der Waals surface area contributed by atoms with Gasteiger partial charge in [0.1, 0.15) is 0 Å². The molecule has 4 amide bonds. The van der Waals surface area contributed by atoms with Crippen LogP contribution in [0, 0.1) is 17.8 Å². The van der Waals surface area contributed by atoms with E-state index in [1.165, 1.54) is 42.5 Å². The van der Waals surface area contributed by atoms with Crippen molar-refractivity contribution in [2.45, 2.75) is 93.9 Å². The molecule has 2 aromatic rings. The lowest BCUT2D eigenvalue weighted by Gasteiger charge is -2.56. The SMILES string of the molecule is O=C(Nc1c2c(cc3c1CCC3)CCC2)NS(=O)(=O)c1ccc(CCNC(=O)N[C@]23CC4C[C@@H](C[C@H](C4)C2)C3)cc1. The molecule has 0 atom stereocenters. The van der Waals surface area contributed by atoms with E-state index >= 15 is 0 Å². The molecule has 6 aliphatic carbocycles. The molecule has 4 bridgehead atoms. The third-order valence-corrected chi connectivity index (χ3v) is 11.6. The molecule has 8 rings (SSSR count). The van der Waals surface area contributed by atoms with Crippen LogP contribution in [0.15, 0.2) is 35.2 Å². The van der Waals surface area contributed by atoms with Crippen LogP contribution in [0.25, 0.3) is 0 Å². The Morgan fingerprint density at radius 3 is 1.98 bits per heavy atom. The maximum Gasteiger partial charge on any atom is 0.333 e. The van der Waals surface area contributed by atoms with E-state index in [4.69, 9.17) is 0 Å². The van der Waals surface area contributed by atoms with Gasteiger partial charge in [0.05, 0.1) is 4.90 Å². The summed E-state index contributed by atoms with van der Waals surface area (Å²) in [5, 5.41) is 9.22. The zero-order valence-corrected chi connectivity index (χ0v) is 24.4. The first kappa shape index (κ1) is 26.8. The van der Waals surface area contributed by atoms with Crippen molar-refractivity contribution in [3.63, 3.8) is 0 Å². The molecule has 0 saturated heterocycles. The maximum atomic E-state index is 13.0. The van der Waals surface area contributed by atoms with Crippen molar-refractivity contribution in [1.29, 1.82) is 0 Å². The van der Waals surface area contributed by atoms with Crippen molar-refractivity contribution in [1.82, 2.24) is 15.4 Å². The summed E-state index contributed by atoms with van der Waals surface area (Å²) in [6, 6.07) is 7.95. The highest BCUT2D eigenvalue weighted by Gasteiger charge is 2.51. The van der Waals surface area contributed by atoms with Gasteiger partial charge in [0.2, 0.25) is 0 Å².